The molecule has 0 fully saturated rings. The molecule has 0 radical (unpaired) electrons. The number of aromatic carboxylic acids is 1. The lowest BCUT2D eigenvalue weighted by Crippen LogP contribution is -2.11. The van der Waals surface area contributed by atoms with Crippen LogP contribution in [0.25, 0.3) is 0 Å². The van der Waals surface area contributed by atoms with E-state index in [0.717, 1.165) is 36.8 Å². The Bertz CT molecular complexity index is 1740. The lowest BCUT2D eigenvalue weighted by atomic mass is 9.95. The number of carbonyl (C=O) groups is 2. The minimum atomic E-state index is -4.44. The van der Waals surface area contributed by atoms with Crippen molar-refractivity contribution in [1.82, 2.24) is 19.6 Å². The summed E-state index contributed by atoms with van der Waals surface area (Å²) in [5.74, 6) is -1.20. The zero-order valence-electron chi connectivity index (χ0n) is 25.5. The zero-order chi connectivity index (χ0) is 33.9. The van der Waals surface area contributed by atoms with Crippen molar-refractivity contribution in [1.29, 1.82) is 0 Å². The first-order chi connectivity index (χ1) is 22.2. The molecular formula is C35H41F6N5O3. The van der Waals surface area contributed by atoms with Gasteiger partial charge in [-0.3, -0.25) is 14.2 Å². The number of alkyl halides is 6. The molecule has 2 aromatic carbocycles. The van der Waals surface area contributed by atoms with E-state index in [-0.39, 0.29) is 32.9 Å². The van der Waals surface area contributed by atoms with Gasteiger partial charge in [-0.15, -0.1) is 0 Å². The van der Waals surface area contributed by atoms with Gasteiger partial charge in [-0.1, -0.05) is 39.1 Å². The predicted molar refractivity (Wildman–Crippen MR) is 174 cm³/mol. The van der Waals surface area contributed by atoms with Crippen LogP contribution in [0.4, 0.5) is 32.0 Å². The summed E-state index contributed by atoms with van der Waals surface area (Å²) in [6.45, 7) is 1.92. The molecule has 2 heterocycles. The second-order valence-electron chi connectivity index (χ2n) is 11.7. The first-order valence-electron chi connectivity index (χ1n) is 15.2. The molecule has 0 spiro atoms. The molecule has 1 amide bonds. The smallest absolute Gasteiger partial charge is 0.435 e. The summed E-state index contributed by atoms with van der Waals surface area (Å²) < 4.78 is 81.8. The number of hydrogen-bond donors (Lipinski definition) is 2. The van der Waals surface area contributed by atoms with E-state index in [1.165, 1.54) is 28.4 Å². The van der Waals surface area contributed by atoms with E-state index >= 15 is 0 Å². The Hall–Kier alpha value is -4.62. The molecule has 6 rings (SSSR count). The van der Waals surface area contributed by atoms with Gasteiger partial charge in [0.2, 0.25) is 5.91 Å². The minimum absolute atomic E-state index is 0. The molecule has 4 aromatic rings. The summed E-state index contributed by atoms with van der Waals surface area (Å²) in [6.07, 6.45) is -3.54. The number of halogens is 6. The maximum atomic E-state index is 13.2. The topological polar surface area (TPSA) is 102 Å². The fourth-order valence-electron chi connectivity index (χ4n) is 6.05. The summed E-state index contributed by atoms with van der Waals surface area (Å²) in [4.78, 5) is 21.8. The normalized spacial score (nSPS) is 13.9. The highest BCUT2D eigenvalue weighted by Crippen LogP contribution is 2.37. The third-order valence-electron chi connectivity index (χ3n) is 8.19. The first kappa shape index (κ1) is 38.8. The second kappa shape index (κ2) is 15.7. The molecule has 49 heavy (non-hydrogen) atoms. The number of nitrogens with one attached hydrogen (secondary N) is 1. The van der Waals surface area contributed by atoms with E-state index < -0.39 is 29.7 Å². The average molecular weight is 694 g/mol. The van der Waals surface area contributed by atoms with Gasteiger partial charge in [-0.25, -0.2) is 4.79 Å². The van der Waals surface area contributed by atoms with Crippen LogP contribution < -0.4 is 5.32 Å². The van der Waals surface area contributed by atoms with Crippen LogP contribution in [0.3, 0.4) is 0 Å². The van der Waals surface area contributed by atoms with Crippen molar-refractivity contribution in [3.8, 4) is 0 Å². The number of benzene rings is 2. The third-order valence-corrected chi connectivity index (χ3v) is 8.19. The molecule has 8 nitrogen and oxygen atoms in total. The quantitative estimate of drug-likeness (QED) is 0.197. The molecule has 2 aliphatic rings. The monoisotopic (exact) mass is 693 g/mol. The molecule has 2 aromatic heterocycles. The fraction of sp³-hybridized carbons (Fsp3) is 0.429. The number of nitrogens with zero attached hydrogens (tertiary/aromatic N) is 4. The molecule has 266 valence electrons. The number of hydrogen-bond acceptors (Lipinski definition) is 4. The van der Waals surface area contributed by atoms with Gasteiger partial charge in [-0.2, -0.15) is 36.5 Å². The van der Waals surface area contributed by atoms with Crippen LogP contribution in [0.1, 0.15) is 103 Å². The number of anilines is 1. The van der Waals surface area contributed by atoms with Crippen LogP contribution in [0, 0.1) is 0 Å². The molecular weight excluding hydrogens is 652 g/mol. The molecule has 2 aliphatic carbocycles. The Morgan fingerprint density at radius 2 is 1.08 bits per heavy atom. The van der Waals surface area contributed by atoms with Crippen molar-refractivity contribution in [3.63, 3.8) is 0 Å². The lowest BCUT2D eigenvalue weighted by Gasteiger charge is -2.15. The van der Waals surface area contributed by atoms with Gasteiger partial charge in [0.1, 0.15) is 0 Å². The highest BCUT2D eigenvalue weighted by atomic mass is 19.4. The molecule has 0 unspecified atom stereocenters. The van der Waals surface area contributed by atoms with Crippen molar-refractivity contribution in [2.75, 3.05) is 5.32 Å². The van der Waals surface area contributed by atoms with Gasteiger partial charge in [0.05, 0.1) is 18.7 Å². The van der Waals surface area contributed by atoms with Crippen molar-refractivity contribution >= 4 is 17.6 Å². The maximum Gasteiger partial charge on any atom is 0.435 e. The zero-order valence-corrected chi connectivity index (χ0v) is 25.5. The van der Waals surface area contributed by atoms with E-state index in [1.807, 2.05) is 0 Å². The number of carboxylic acids is 1. The standard InChI is InChI=1S/C17H18F3N3O.C16H15F3N2O2.2CH4/c1-11(24)21-13-8-6-12(7-9-13)10-23-15-5-3-2-4-14(15)16(22-23)17(18,19)20;17-16(18,19)14-12-3-1-2-4-13(12)21(20-14)9-10-5-7-11(8-6-10)15(22)23;;/h6-9H,2-5,10H2,1H3,(H,21,24);5-8H,1-4,9H2,(H,22,23);2*1H4. The van der Waals surface area contributed by atoms with Crippen LogP contribution >= 0.6 is 0 Å². The Balaban J connectivity index is 0.000000255. The van der Waals surface area contributed by atoms with Gasteiger partial charge in [0.15, 0.2) is 11.4 Å². The number of amides is 1. The van der Waals surface area contributed by atoms with Crippen LogP contribution in [-0.2, 0) is 55.9 Å². The predicted octanol–water partition coefficient (Wildman–Crippen LogP) is 8.59. The SMILES string of the molecule is C.C.CC(=O)Nc1ccc(Cn2nc(C(F)(F)F)c3c2CCCC3)cc1.O=C(O)c1ccc(Cn2nc(C(F)(F)F)c3c2CCCC3)cc1. The molecule has 0 atom stereocenters. The van der Waals surface area contributed by atoms with Crippen LogP contribution in [0.15, 0.2) is 48.5 Å². The van der Waals surface area contributed by atoms with E-state index in [9.17, 15) is 35.9 Å². The summed E-state index contributed by atoms with van der Waals surface area (Å²) in [5.41, 5.74) is 2.84. The third kappa shape index (κ3) is 9.30. The van der Waals surface area contributed by atoms with Crippen molar-refractivity contribution in [3.05, 3.63) is 99.1 Å². The first-order valence-corrected chi connectivity index (χ1v) is 15.2. The maximum absolute atomic E-state index is 13.2. The fourth-order valence-corrected chi connectivity index (χ4v) is 6.05. The summed E-state index contributed by atoms with van der Waals surface area (Å²) in [7, 11) is 0. The van der Waals surface area contributed by atoms with Crippen molar-refractivity contribution < 1.29 is 41.0 Å². The number of rotatable bonds is 6. The summed E-state index contributed by atoms with van der Waals surface area (Å²) in [6, 6.07) is 13.1. The molecule has 0 saturated heterocycles. The second-order valence-corrected chi connectivity index (χ2v) is 11.7. The Kier molecular flexibility index (Phi) is 12.5. The number of fused-ring (bicyclic) bond motifs is 2. The van der Waals surface area contributed by atoms with Crippen LogP contribution in [-0.4, -0.2) is 36.5 Å². The molecule has 2 N–H and O–H groups in total. The van der Waals surface area contributed by atoms with Gasteiger partial charge in [-0.05, 0) is 86.8 Å². The molecule has 14 heteroatoms. The van der Waals surface area contributed by atoms with Crippen LogP contribution in [0.2, 0.25) is 0 Å². The molecule has 0 saturated carbocycles. The highest BCUT2D eigenvalue weighted by Gasteiger charge is 2.40. The van der Waals surface area contributed by atoms with Crippen LogP contribution in [0.5, 0.6) is 0 Å². The van der Waals surface area contributed by atoms with Crippen molar-refractivity contribution in [2.45, 2.75) is 98.6 Å². The Morgan fingerprint density at radius 1 is 0.694 bits per heavy atom. The van der Waals surface area contributed by atoms with E-state index in [1.54, 1.807) is 36.4 Å². The van der Waals surface area contributed by atoms with Gasteiger partial charge < -0.3 is 10.4 Å². The Morgan fingerprint density at radius 3 is 1.45 bits per heavy atom. The molecule has 0 bridgehead atoms. The lowest BCUT2D eigenvalue weighted by molar-refractivity contribution is -0.142. The number of aromatic nitrogens is 4. The minimum Gasteiger partial charge on any atom is -0.478 e. The van der Waals surface area contributed by atoms with E-state index in [0.29, 0.717) is 60.4 Å². The van der Waals surface area contributed by atoms with Crippen molar-refractivity contribution in [2.24, 2.45) is 0 Å². The molecule has 0 aliphatic heterocycles. The highest BCUT2D eigenvalue weighted by molar-refractivity contribution is 5.88. The number of carbonyl (C=O) groups excluding carboxylic acids is 1. The number of carboxylic acid groups (broad SMARTS) is 1. The van der Waals surface area contributed by atoms with Gasteiger partial charge in [0, 0.05) is 35.1 Å². The summed E-state index contributed by atoms with van der Waals surface area (Å²) >= 11 is 0. The van der Waals surface area contributed by atoms with E-state index in [4.69, 9.17) is 5.11 Å². The van der Waals surface area contributed by atoms with E-state index in [2.05, 4.69) is 15.5 Å². The Labute approximate surface area is 281 Å². The summed E-state index contributed by atoms with van der Waals surface area (Å²) in [5, 5.41) is 19.2. The largest absolute Gasteiger partial charge is 0.478 e. The average Bonchev–Trinajstić information content (AvgIpc) is 3.58. The van der Waals surface area contributed by atoms with Gasteiger partial charge in [0.25, 0.3) is 0 Å². The van der Waals surface area contributed by atoms with Gasteiger partial charge >= 0.3 is 18.3 Å².